The monoisotopic (exact) mass is 254 g/mol. The number of carbonyl (C=O) groups excluding carboxylic acids is 1. The van der Waals surface area contributed by atoms with Crippen molar-refractivity contribution in [1.29, 1.82) is 0 Å². The summed E-state index contributed by atoms with van der Waals surface area (Å²) < 4.78 is 0. The molecule has 2 aromatic carbocycles. The Morgan fingerprint density at radius 3 is 2.42 bits per heavy atom. The average Bonchev–Trinajstić information content (AvgIpc) is 2.40. The van der Waals surface area contributed by atoms with E-state index in [0.717, 1.165) is 11.3 Å². The molecular formula is C16H18N2O. The van der Waals surface area contributed by atoms with Crippen molar-refractivity contribution in [3.63, 3.8) is 0 Å². The second-order valence-electron chi connectivity index (χ2n) is 4.48. The molecule has 0 aliphatic carbocycles. The smallest absolute Gasteiger partial charge is 0.260 e. The van der Waals surface area contributed by atoms with Gasteiger partial charge in [-0.2, -0.15) is 0 Å². The van der Waals surface area contributed by atoms with Gasteiger partial charge >= 0.3 is 0 Å². The average molecular weight is 254 g/mol. The fraction of sp³-hybridized carbons (Fsp3) is 0.188. The number of benzene rings is 2. The summed E-state index contributed by atoms with van der Waals surface area (Å²) in [5, 5.41) is 0. The predicted octanol–water partition coefficient (Wildman–Crippen LogP) is 3.24. The van der Waals surface area contributed by atoms with Crippen molar-refractivity contribution in [1.82, 2.24) is 0 Å². The molecule has 0 aromatic heterocycles. The fourth-order valence-electron chi connectivity index (χ4n) is 2.07. The van der Waals surface area contributed by atoms with Crippen LogP contribution in [0.3, 0.4) is 0 Å². The topological polar surface area (TPSA) is 46.3 Å². The van der Waals surface area contributed by atoms with Gasteiger partial charge in [0.1, 0.15) is 0 Å². The zero-order chi connectivity index (χ0) is 13.8. The zero-order valence-corrected chi connectivity index (χ0v) is 11.3. The lowest BCUT2D eigenvalue weighted by atomic mass is 10.1. The van der Waals surface area contributed by atoms with Crippen molar-refractivity contribution < 1.29 is 4.79 Å². The Bertz CT molecular complexity index is 579. The van der Waals surface area contributed by atoms with Crippen molar-refractivity contribution in [3.05, 3.63) is 59.7 Å². The van der Waals surface area contributed by atoms with E-state index in [-0.39, 0.29) is 5.91 Å². The van der Waals surface area contributed by atoms with Crippen LogP contribution in [0.2, 0.25) is 0 Å². The Balaban J connectivity index is 2.36. The summed E-state index contributed by atoms with van der Waals surface area (Å²) in [6.45, 7) is 4.52. The van der Waals surface area contributed by atoms with Gasteiger partial charge in [0.25, 0.3) is 5.91 Å². The first-order valence-corrected chi connectivity index (χ1v) is 6.36. The molecule has 0 saturated heterocycles. The minimum absolute atomic E-state index is 0.0637. The maximum atomic E-state index is 12.6. The van der Waals surface area contributed by atoms with E-state index in [9.17, 15) is 4.79 Å². The summed E-state index contributed by atoms with van der Waals surface area (Å²) >= 11 is 0. The molecule has 2 rings (SSSR count). The summed E-state index contributed by atoms with van der Waals surface area (Å²) in [6.07, 6.45) is 0. The molecule has 0 aliphatic heterocycles. The lowest BCUT2D eigenvalue weighted by Gasteiger charge is -2.22. The molecule has 0 atom stereocenters. The Kier molecular flexibility index (Phi) is 3.85. The van der Waals surface area contributed by atoms with E-state index >= 15 is 0 Å². The molecule has 0 heterocycles. The summed E-state index contributed by atoms with van der Waals surface area (Å²) in [4.78, 5) is 14.3. The molecule has 0 fully saturated rings. The van der Waals surface area contributed by atoms with Crippen LogP contribution in [-0.4, -0.2) is 12.5 Å². The quantitative estimate of drug-likeness (QED) is 0.855. The molecule has 0 radical (unpaired) electrons. The van der Waals surface area contributed by atoms with E-state index in [1.807, 2.05) is 56.3 Å². The fourth-order valence-corrected chi connectivity index (χ4v) is 2.07. The number of amides is 1. The number of nitrogens with zero attached hydrogens (tertiary/aromatic N) is 1. The standard InChI is InChI=1S/C16H18N2O/c1-3-18(13-7-5-4-6-8-13)16(19)14-10-9-12(2)11-15(14)17/h4-11H,3,17H2,1-2H3. The molecule has 0 unspecified atom stereocenters. The van der Waals surface area contributed by atoms with Gasteiger partial charge in [-0.25, -0.2) is 0 Å². The van der Waals surface area contributed by atoms with Crippen molar-refractivity contribution in [2.24, 2.45) is 0 Å². The lowest BCUT2D eigenvalue weighted by molar-refractivity contribution is 0.0989. The summed E-state index contributed by atoms with van der Waals surface area (Å²) in [5.74, 6) is -0.0637. The molecule has 1 amide bonds. The summed E-state index contributed by atoms with van der Waals surface area (Å²) in [5.41, 5.74) is 8.96. The number of anilines is 2. The molecule has 0 bridgehead atoms. The second kappa shape index (κ2) is 5.57. The van der Waals surface area contributed by atoms with Crippen LogP contribution in [0, 0.1) is 6.92 Å². The highest BCUT2D eigenvalue weighted by Gasteiger charge is 2.17. The SMILES string of the molecule is CCN(C(=O)c1ccc(C)cc1N)c1ccccc1. The number of hydrogen-bond acceptors (Lipinski definition) is 2. The molecule has 0 spiro atoms. The third-order valence-corrected chi connectivity index (χ3v) is 3.07. The molecule has 3 heteroatoms. The van der Waals surface area contributed by atoms with E-state index in [1.54, 1.807) is 11.0 Å². The number of para-hydroxylation sites is 1. The molecule has 0 aliphatic rings. The number of nitrogens with two attached hydrogens (primary N) is 1. The third kappa shape index (κ3) is 2.76. The van der Waals surface area contributed by atoms with Gasteiger partial charge in [0.2, 0.25) is 0 Å². The Morgan fingerprint density at radius 2 is 1.84 bits per heavy atom. The van der Waals surface area contributed by atoms with Crippen LogP contribution < -0.4 is 10.6 Å². The van der Waals surface area contributed by atoms with Crippen molar-refractivity contribution in [2.75, 3.05) is 17.2 Å². The highest BCUT2D eigenvalue weighted by Crippen LogP contribution is 2.20. The molecule has 98 valence electrons. The Morgan fingerprint density at radius 1 is 1.16 bits per heavy atom. The van der Waals surface area contributed by atoms with Crippen molar-refractivity contribution in [2.45, 2.75) is 13.8 Å². The van der Waals surface area contributed by atoms with Crippen LogP contribution in [0.5, 0.6) is 0 Å². The zero-order valence-electron chi connectivity index (χ0n) is 11.3. The minimum atomic E-state index is -0.0637. The number of rotatable bonds is 3. The number of carbonyl (C=O) groups is 1. The second-order valence-corrected chi connectivity index (χ2v) is 4.48. The van der Waals surface area contributed by atoms with E-state index in [1.165, 1.54) is 0 Å². The van der Waals surface area contributed by atoms with Crippen LogP contribution in [0.25, 0.3) is 0 Å². The maximum absolute atomic E-state index is 12.6. The number of aryl methyl sites for hydroxylation is 1. The lowest BCUT2D eigenvalue weighted by Crippen LogP contribution is -2.31. The predicted molar refractivity (Wildman–Crippen MR) is 79.4 cm³/mol. The van der Waals surface area contributed by atoms with Gasteiger partial charge in [0, 0.05) is 17.9 Å². The van der Waals surface area contributed by atoms with E-state index < -0.39 is 0 Å². The van der Waals surface area contributed by atoms with Crippen molar-refractivity contribution in [3.8, 4) is 0 Å². The van der Waals surface area contributed by atoms with Gasteiger partial charge < -0.3 is 10.6 Å². The van der Waals surface area contributed by atoms with Gasteiger partial charge in [-0.15, -0.1) is 0 Å². The first-order chi connectivity index (χ1) is 9.13. The van der Waals surface area contributed by atoms with Crippen LogP contribution >= 0.6 is 0 Å². The van der Waals surface area contributed by atoms with Gasteiger partial charge in [-0.05, 0) is 43.7 Å². The van der Waals surface area contributed by atoms with Gasteiger partial charge in [0.05, 0.1) is 5.56 Å². The molecule has 3 nitrogen and oxygen atoms in total. The highest BCUT2D eigenvalue weighted by atomic mass is 16.2. The largest absolute Gasteiger partial charge is 0.398 e. The molecule has 0 saturated carbocycles. The molecule has 2 N–H and O–H groups in total. The normalized spacial score (nSPS) is 10.2. The van der Waals surface area contributed by atoms with Crippen LogP contribution in [0.1, 0.15) is 22.8 Å². The van der Waals surface area contributed by atoms with Crippen molar-refractivity contribution >= 4 is 17.3 Å². The van der Waals surface area contributed by atoms with Crippen LogP contribution in [0.15, 0.2) is 48.5 Å². The molecule has 19 heavy (non-hydrogen) atoms. The van der Waals surface area contributed by atoms with E-state index in [2.05, 4.69) is 0 Å². The van der Waals surface area contributed by atoms with Crippen LogP contribution in [0.4, 0.5) is 11.4 Å². The number of nitrogen functional groups attached to an aromatic ring is 1. The highest BCUT2D eigenvalue weighted by molar-refractivity contribution is 6.09. The first kappa shape index (κ1) is 13.1. The maximum Gasteiger partial charge on any atom is 0.260 e. The number of hydrogen-bond donors (Lipinski definition) is 1. The molecular weight excluding hydrogens is 236 g/mol. The summed E-state index contributed by atoms with van der Waals surface area (Å²) in [7, 11) is 0. The minimum Gasteiger partial charge on any atom is -0.398 e. The van der Waals surface area contributed by atoms with Gasteiger partial charge in [-0.3, -0.25) is 4.79 Å². The van der Waals surface area contributed by atoms with E-state index in [4.69, 9.17) is 5.73 Å². The third-order valence-electron chi connectivity index (χ3n) is 3.07. The Hall–Kier alpha value is -2.29. The molecule has 2 aromatic rings. The van der Waals surface area contributed by atoms with Gasteiger partial charge in [-0.1, -0.05) is 24.3 Å². The van der Waals surface area contributed by atoms with Gasteiger partial charge in [0.15, 0.2) is 0 Å². The summed E-state index contributed by atoms with van der Waals surface area (Å²) in [6, 6.07) is 15.1. The Labute approximate surface area is 113 Å². The van der Waals surface area contributed by atoms with E-state index in [0.29, 0.717) is 17.8 Å². The first-order valence-electron chi connectivity index (χ1n) is 6.36. The van der Waals surface area contributed by atoms with Crippen LogP contribution in [-0.2, 0) is 0 Å².